The number of aldehydes is 1. The predicted molar refractivity (Wildman–Crippen MR) is 69.2 cm³/mol. The van der Waals surface area contributed by atoms with Gasteiger partial charge in [-0.15, -0.1) is 0 Å². The van der Waals surface area contributed by atoms with E-state index >= 15 is 0 Å². The second kappa shape index (κ2) is 4.99. The number of carbonyl (C=O) groups is 1. The van der Waals surface area contributed by atoms with Crippen LogP contribution >= 0.6 is 0 Å². The van der Waals surface area contributed by atoms with Crippen LogP contribution in [-0.4, -0.2) is 6.29 Å². The Labute approximate surface area is 99.6 Å². The van der Waals surface area contributed by atoms with E-state index in [0.29, 0.717) is 5.92 Å². The average molecular weight is 220 g/mol. The van der Waals surface area contributed by atoms with E-state index in [4.69, 9.17) is 0 Å². The molecule has 1 aliphatic rings. The zero-order valence-electron chi connectivity index (χ0n) is 11.0. The van der Waals surface area contributed by atoms with Crippen LogP contribution in [0, 0.1) is 17.3 Å². The van der Waals surface area contributed by atoms with E-state index < -0.39 is 0 Å². The summed E-state index contributed by atoms with van der Waals surface area (Å²) >= 11 is 0. The lowest BCUT2D eigenvalue weighted by atomic mass is 9.60. The first-order valence-corrected chi connectivity index (χ1v) is 6.18. The summed E-state index contributed by atoms with van der Waals surface area (Å²) in [5, 5.41) is 0. The summed E-state index contributed by atoms with van der Waals surface area (Å²) in [6.07, 6.45) is 6.56. The zero-order valence-corrected chi connectivity index (χ0v) is 11.0. The lowest BCUT2D eigenvalue weighted by molar-refractivity contribution is -0.114. The summed E-state index contributed by atoms with van der Waals surface area (Å²) in [7, 11) is 0. The highest BCUT2D eigenvalue weighted by atomic mass is 16.1. The van der Waals surface area contributed by atoms with Crippen molar-refractivity contribution in [3.05, 3.63) is 23.8 Å². The third-order valence-electron chi connectivity index (χ3n) is 4.30. The Balaban J connectivity index is 2.88. The van der Waals surface area contributed by atoms with Gasteiger partial charge in [-0.05, 0) is 44.4 Å². The van der Waals surface area contributed by atoms with Crippen molar-refractivity contribution in [1.82, 2.24) is 0 Å². The van der Waals surface area contributed by atoms with Crippen LogP contribution in [0.3, 0.4) is 0 Å². The number of hydrogen-bond donors (Lipinski definition) is 0. The molecule has 1 rings (SSSR count). The minimum Gasteiger partial charge on any atom is -0.303 e. The number of carbonyl (C=O) groups excluding carboxylic acids is 1. The molecular weight excluding hydrogens is 196 g/mol. The van der Waals surface area contributed by atoms with E-state index in [1.807, 2.05) is 0 Å². The fourth-order valence-electron chi connectivity index (χ4n) is 2.81. The van der Waals surface area contributed by atoms with Crippen LogP contribution < -0.4 is 0 Å². The smallest absolute Gasteiger partial charge is 0.127 e. The molecule has 0 aromatic heterocycles. The number of allylic oxidation sites excluding steroid dienone is 3. The molecule has 0 heterocycles. The Kier molecular flexibility index (Phi) is 4.12. The molecule has 16 heavy (non-hydrogen) atoms. The first-order valence-electron chi connectivity index (χ1n) is 6.18. The third-order valence-corrected chi connectivity index (χ3v) is 4.30. The molecule has 0 amide bonds. The van der Waals surface area contributed by atoms with Gasteiger partial charge in [-0.2, -0.15) is 0 Å². The van der Waals surface area contributed by atoms with E-state index in [1.165, 1.54) is 12.0 Å². The summed E-state index contributed by atoms with van der Waals surface area (Å²) in [5.41, 5.74) is 2.60. The van der Waals surface area contributed by atoms with E-state index in [9.17, 15) is 4.79 Å². The number of hydrogen-bond acceptors (Lipinski definition) is 1. The molecule has 0 aromatic rings. The topological polar surface area (TPSA) is 17.1 Å². The molecule has 1 fully saturated rings. The zero-order chi connectivity index (χ0) is 12.3. The maximum Gasteiger partial charge on any atom is 0.127 e. The first kappa shape index (κ1) is 13.2. The van der Waals surface area contributed by atoms with Gasteiger partial charge in [0, 0.05) is 5.92 Å². The van der Waals surface area contributed by atoms with Crippen LogP contribution in [-0.2, 0) is 4.79 Å². The fraction of sp³-hybridized carbons (Fsp3) is 0.667. The molecule has 0 spiro atoms. The molecule has 2 unspecified atom stereocenters. The molecule has 1 saturated carbocycles. The van der Waals surface area contributed by atoms with Crippen LogP contribution in [0.4, 0.5) is 0 Å². The van der Waals surface area contributed by atoms with E-state index in [-0.39, 0.29) is 11.3 Å². The summed E-state index contributed by atoms with van der Waals surface area (Å²) in [6, 6.07) is 0. The first-order chi connectivity index (χ1) is 7.43. The molecule has 0 radical (unpaired) electrons. The second-order valence-corrected chi connectivity index (χ2v) is 5.67. The highest BCUT2D eigenvalue weighted by Gasteiger charge is 2.41. The van der Waals surface area contributed by atoms with Crippen molar-refractivity contribution in [2.45, 2.75) is 47.0 Å². The molecule has 0 aromatic carbocycles. The van der Waals surface area contributed by atoms with Crippen molar-refractivity contribution >= 4 is 6.29 Å². The second-order valence-electron chi connectivity index (χ2n) is 5.67. The lowest BCUT2D eigenvalue weighted by Crippen LogP contribution is -2.38. The van der Waals surface area contributed by atoms with Crippen LogP contribution in [0.1, 0.15) is 47.0 Å². The molecule has 0 bridgehead atoms. The molecule has 1 nitrogen and oxygen atoms in total. The molecule has 1 heteroatoms. The maximum atomic E-state index is 11.2. The third kappa shape index (κ3) is 2.45. The fourth-order valence-corrected chi connectivity index (χ4v) is 2.81. The lowest BCUT2D eigenvalue weighted by Gasteiger charge is -2.44. The van der Waals surface area contributed by atoms with Crippen molar-refractivity contribution in [2.24, 2.45) is 17.3 Å². The molecule has 1 aliphatic carbocycles. The van der Waals surface area contributed by atoms with Crippen LogP contribution in [0.25, 0.3) is 0 Å². The molecule has 0 N–H and O–H groups in total. The normalized spacial score (nSPS) is 30.2. The maximum absolute atomic E-state index is 11.2. The van der Waals surface area contributed by atoms with Gasteiger partial charge in [0.1, 0.15) is 6.29 Å². The van der Waals surface area contributed by atoms with Crippen molar-refractivity contribution in [2.75, 3.05) is 0 Å². The van der Waals surface area contributed by atoms with Crippen molar-refractivity contribution in [1.29, 1.82) is 0 Å². The Bertz CT molecular complexity index is 309. The van der Waals surface area contributed by atoms with Crippen molar-refractivity contribution in [3.63, 3.8) is 0 Å². The number of rotatable bonds is 3. The molecule has 2 atom stereocenters. The Morgan fingerprint density at radius 3 is 2.69 bits per heavy atom. The van der Waals surface area contributed by atoms with E-state index in [2.05, 4.69) is 40.3 Å². The largest absolute Gasteiger partial charge is 0.303 e. The van der Waals surface area contributed by atoms with Crippen molar-refractivity contribution in [3.8, 4) is 0 Å². The standard InChI is InChI=1S/C15H24O/c1-6-11(2)9-13-8-7-12(3)14(10-16)15(13,4)5/h6,10,13-14H,3,7-9H2,1-2,4-5H3/b11-6+. The summed E-state index contributed by atoms with van der Waals surface area (Å²) in [6.45, 7) is 12.7. The quantitative estimate of drug-likeness (QED) is 0.516. The van der Waals surface area contributed by atoms with Crippen LogP contribution in [0.2, 0.25) is 0 Å². The van der Waals surface area contributed by atoms with E-state index in [0.717, 1.165) is 24.7 Å². The van der Waals surface area contributed by atoms with Gasteiger partial charge in [-0.25, -0.2) is 0 Å². The van der Waals surface area contributed by atoms with Gasteiger partial charge in [0.15, 0.2) is 0 Å². The van der Waals surface area contributed by atoms with Gasteiger partial charge in [0.25, 0.3) is 0 Å². The minimum atomic E-state index is 0.0379. The Hall–Kier alpha value is -0.850. The highest BCUT2D eigenvalue weighted by molar-refractivity contribution is 5.60. The minimum absolute atomic E-state index is 0.0379. The van der Waals surface area contributed by atoms with Gasteiger partial charge in [-0.3, -0.25) is 0 Å². The monoisotopic (exact) mass is 220 g/mol. The van der Waals surface area contributed by atoms with Crippen molar-refractivity contribution < 1.29 is 4.79 Å². The summed E-state index contributed by atoms with van der Waals surface area (Å²) < 4.78 is 0. The molecule has 90 valence electrons. The van der Waals surface area contributed by atoms with Gasteiger partial charge in [-0.1, -0.05) is 37.6 Å². The van der Waals surface area contributed by atoms with Gasteiger partial charge in [0.05, 0.1) is 0 Å². The van der Waals surface area contributed by atoms with Gasteiger partial charge < -0.3 is 4.79 Å². The predicted octanol–water partition coefficient (Wildman–Crippen LogP) is 4.15. The van der Waals surface area contributed by atoms with Gasteiger partial charge >= 0.3 is 0 Å². The highest BCUT2D eigenvalue weighted by Crippen LogP contribution is 2.48. The summed E-state index contributed by atoms with van der Waals surface area (Å²) in [5.74, 6) is 0.639. The average Bonchev–Trinajstić information content (AvgIpc) is 2.22. The SMILES string of the molecule is C=C1CCC(C/C(C)=C/C)C(C)(C)C1C=O. The Morgan fingerprint density at radius 2 is 2.19 bits per heavy atom. The van der Waals surface area contributed by atoms with Gasteiger partial charge in [0.2, 0.25) is 0 Å². The Morgan fingerprint density at radius 1 is 1.56 bits per heavy atom. The summed E-state index contributed by atoms with van der Waals surface area (Å²) in [4.78, 5) is 11.2. The molecule has 0 saturated heterocycles. The van der Waals surface area contributed by atoms with E-state index in [1.54, 1.807) is 0 Å². The van der Waals surface area contributed by atoms with Crippen LogP contribution in [0.15, 0.2) is 23.8 Å². The molecular formula is C15H24O. The molecule has 0 aliphatic heterocycles. The van der Waals surface area contributed by atoms with Crippen LogP contribution in [0.5, 0.6) is 0 Å².